The maximum Gasteiger partial charge on any atom is 0.256 e. The molecule has 1 aliphatic rings. The molecular formula is C38H53N5O8. The number of aryl methyl sites for hydroxylation is 2. The van der Waals surface area contributed by atoms with Gasteiger partial charge in [-0.1, -0.05) is 53.6 Å². The van der Waals surface area contributed by atoms with E-state index in [2.05, 4.69) is 26.8 Å². The quantitative estimate of drug-likeness (QED) is 0.133. The number of phenols is 2. The molecule has 0 aromatic heterocycles. The van der Waals surface area contributed by atoms with Crippen LogP contribution < -0.4 is 11.5 Å². The minimum atomic E-state index is -2.43. The molecule has 10 N–H and O–H groups in total. The molecule has 4 rings (SSSR count). The van der Waals surface area contributed by atoms with Crippen LogP contribution in [0.4, 0.5) is 0 Å². The first kappa shape index (κ1) is 39.7. The fourth-order valence-corrected chi connectivity index (χ4v) is 6.86. The lowest BCUT2D eigenvalue weighted by Gasteiger charge is -2.31. The van der Waals surface area contributed by atoms with Crippen LogP contribution in [0.15, 0.2) is 54.6 Å². The second-order valence-corrected chi connectivity index (χ2v) is 13.8. The van der Waals surface area contributed by atoms with Crippen LogP contribution in [0.25, 0.3) is 0 Å². The Kier molecular flexibility index (Phi) is 13.6. The number of aliphatic hydroxyl groups is 4. The molecule has 0 bridgehead atoms. The Labute approximate surface area is 299 Å². The smallest absolute Gasteiger partial charge is 0.256 e. The molecule has 0 spiro atoms. The average Bonchev–Trinajstić information content (AvgIpc) is 3.09. The molecule has 2 atom stereocenters. The lowest BCUT2D eigenvalue weighted by atomic mass is 9.89. The normalized spacial score (nSPS) is 18.2. The zero-order valence-electron chi connectivity index (χ0n) is 29.6. The first-order valence-corrected chi connectivity index (χ1v) is 17.3. The van der Waals surface area contributed by atoms with Crippen molar-refractivity contribution in [1.29, 1.82) is 0 Å². The van der Waals surface area contributed by atoms with Gasteiger partial charge in [0, 0.05) is 41.9 Å². The van der Waals surface area contributed by atoms with Crippen LogP contribution in [-0.4, -0.2) is 110 Å². The van der Waals surface area contributed by atoms with E-state index in [1.54, 1.807) is 26.0 Å². The molecule has 51 heavy (non-hydrogen) atoms. The second-order valence-electron chi connectivity index (χ2n) is 13.8. The predicted octanol–water partition coefficient (Wildman–Crippen LogP) is 1.04. The van der Waals surface area contributed by atoms with Gasteiger partial charge >= 0.3 is 0 Å². The van der Waals surface area contributed by atoms with Crippen LogP contribution in [0.2, 0.25) is 0 Å². The Morgan fingerprint density at radius 2 is 0.980 bits per heavy atom. The third-order valence-corrected chi connectivity index (χ3v) is 9.71. The minimum absolute atomic E-state index is 0.135. The fraction of sp³-hybridized carbons (Fsp3) is 0.474. The third kappa shape index (κ3) is 9.63. The van der Waals surface area contributed by atoms with Crippen LogP contribution in [0.1, 0.15) is 58.2 Å². The molecule has 13 heteroatoms. The summed E-state index contributed by atoms with van der Waals surface area (Å²) in [5, 5.41) is 64.0. The highest BCUT2D eigenvalue weighted by atomic mass is 16.4. The lowest BCUT2D eigenvalue weighted by Crippen LogP contribution is -2.44. The van der Waals surface area contributed by atoms with Gasteiger partial charge in [-0.15, -0.1) is 0 Å². The number of hydrogen-bond acceptors (Lipinski definition) is 11. The number of nitrogens with two attached hydrogens (primary N) is 2. The van der Waals surface area contributed by atoms with Crippen LogP contribution in [0.5, 0.6) is 11.5 Å². The number of aromatic hydroxyl groups is 2. The van der Waals surface area contributed by atoms with Gasteiger partial charge in [-0.2, -0.15) is 0 Å². The highest BCUT2D eigenvalue weighted by molar-refractivity contribution is 5.86. The molecule has 2 amide bonds. The van der Waals surface area contributed by atoms with Crippen LogP contribution >= 0.6 is 0 Å². The largest absolute Gasteiger partial charge is 0.507 e. The van der Waals surface area contributed by atoms with Crippen molar-refractivity contribution in [3.63, 3.8) is 0 Å². The zero-order valence-corrected chi connectivity index (χ0v) is 29.6. The summed E-state index contributed by atoms with van der Waals surface area (Å²) in [5.74, 6) is -2.91. The summed E-state index contributed by atoms with van der Waals surface area (Å²) in [5.41, 5.74) is 9.27. The van der Waals surface area contributed by atoms with Crippen molar-refractivity contribution in [1.82, 2.24) is 14.7 Å². The number of rotatable bonds is 12. The highest BCUT2D eigenvalue weighted by Gasteiger charge is 2.40. The van der Waals surface area contributed by atoms with Gasteiger partial charge in [0.1, 0.15) is 11.5 Å². The molecule has 0 aliphatic carbocycles. The summed E-state index contributed by atoms with van der Waals surface area (Å²) >= 11 is 0. The van der Waals surface area contributed by atoms with E-state index in [-0.39, 0.29) is 22.6 Å². The van der Waals surface area contributed by atoms with Crippen LogP contribution in [-0.2, 0) is 40.4 Å². The molecule has 0 radical (unpaired) electrons. The first-order valence-electron chi connectivity index (χ1n) is 17.3. The maximum absolute atomic E-state index is 12.1. The third-order valence-electron chi connectivity index (χ3n) is 9.71. The van der Waals surface area contributed by atoms with Gasteiger partial charge in [0.2, 0.25) is 0 Å². The van der Waals surface area contributed by atoms with Crippen molar-refractivity contribution in [3.8, 4) is 11.5 Å². The Balaban J connectivity index is 1.62. The summed E-state index contributed by atoms with van der Waals surface area (Å²) in [6.45, 7) is 7.29. The number of carbonyl (C=O) groups is 2. The molecule has 278 valence electrons. The van der Waals surface area contributed by atoms with E-state index in [1.807, 2.05) is 18.2 Å². The van der Waals surface area contributed by atoms with Gasteiger partial charge in [0.25, 0.3) is 11.8 Å². The van der Waals surface area contributed by atoms with Crippen molar-refractivity contribution in [2.75, 3.05) is 52.5 Å². The summed E-state index contributed by atoms with van der Waals surface area (Å²) in [6, 6.07) is 16.7. The summed E-state index contributed by atoms with van der Waals surface area (Å²) in [7, 11) is 0. The number of nitrogens with zero attached hydrogens (tertiary/aromatic N) is 3. The molecule has 3 aromatic rings. The number of primary amides is 2. The monoisotopic (exact) mass is 707 g/mol. The highest BCUT2D eigenvalue weighted by Crippen LogP contribution is 2.36. The van der Waals surface area contributed by atoms with E-state index in [0.29, 0.717) is 61.5 Å². The van der Waals surface area contributed by atoms with E-state index in [4.69, 9.17) is 11.5 Å². The standard InChI is InChI=1S/C38H53N5O8/c1-26-17-29(33(46)31(19-26)37(50,24-44)35(39)48)22-42-13-6-11-41(21-28-9-4-3-5-10-28)12-7-14-43(16-8-15-42)23-30-18-27(2)20-32(34(30)47)38(51,25-45)36(40)49/h3-5,9-10,17-20,44-47,50-51H,6-8,11-16,21-25H2,1-2H3,(H2,39,48)(H2,40,49). The average molecular weight is 708 g/mol. The van der Waals surface area contributed by atoms with Crippen molar-refractivity contribution < 1.29 is 40.2 Å². The Morgan fingerprint density at radius 3 is 1.31 bits per heavy atom. The van der Waals surface area contributed by atoms with Gasteiger partial charge in [-0.25, -0.2) is 0 Å². The summed E-state index contributed by atoms with van der Waals surface area (Å²) < 4.78 is 0. The first-order chi connectivity index (χ1) is 24.2. The molecule has 1 heterocycles. The minimum Gasteiger partial charge on any atom is -0.507 e. The molecular weight excluding hydrogens is 654 g/mol. The number of hydrogen-bond donors (Lipinski definition) is 8. The van der Waals surface area contributed by atoms with Gasteiger partial charge in [-0.05, 0) is 90.1 Å². The number of amides is 2. The molecule has 13 nitrogen and oxygen atoms in total. The van der Waals surface area contributed by atoms with Gasteiger partial charge in [0.05, 0.1) is 13.2 Å². The van der Waals surface area contributed by atoms with E-state index in [0.717, 1.165) is 38.9 Å². The zero-order chi connectivity index (χ0) is 37.3. The SMILES string of the molecule is Cc1cc(CN2CCCN(Cc3ccccc3)CCCN(Cc3cc(C)cc(C(O)(CO)C(N)=O)c3O)CCC2)c(O)c(C(O)(CO)C(N)=O)c1. The van der Waals surface area contributed by atoms with Crippen molar-refractivity contribution in [2.24, 2.45) is 11.5 Å². The Bertz CT molecular complexity index is 1560. The van der Waals surface area contributed by atoms with Crippen molar-refractivity contribution in [2.45, 2.75) is 63.9 Å². The maximum atomic E-state index is 12.1. The van der Waals surface area contributed by atoms with Crippen molar-refractivity contribution >= 4 is 11.8 Å². The van der Waals surface area contributed by atoms with Crippen LogP contribution in [0, 0.1) is 13.8 Å². The molecule has 0 saturated carbocycles. The number of carbonyl (C=O) groups excluding carboxylic acids is 2. The van der Waals surface area contributed by atoms with Gasteiger partial charge < -0.3 is 42.1 Å². The lowest BCUT2D eigenvalue weighted by molar-refractivity contribution is -0.142. The molecule has 1 aliphatic heterocycles. The molecule has 1 saturated heterocycles. The predicted molar refractivity (Wildman–Crippen MR) is 192 cm³/mol. The van der Waals surface area contributed by atoms with E-state index in [1.165, 1.54) is 17.7 Å². The fourth-order valence-electron chi connectivity index (χ4n) is 6.86. The molecule has 3 aromatic carbocycles. The summed E-state index contributed by atoms with van der Waals surface area (Å²) in [6.07, 6.45) is 2.42. The second kappa shape index (κ2) is 17.4. The topological polar surface area (TPSA) is 217 Å². The van der Waals surface area contributed by atoms with Crippen LogP contribution in [0.3, 0.4) is 0 Å². The van der Waals surface area contributed by atoms with Crippen molar-refractivity contribution in [3.05, 3.63) is 93.5 Å². The van der Waals surface area contributed by atoms with E-state index >= 15 is 0 Å². The molecule has 2 unspecified atom stereocenters. The number of benzene rings is 3. The van der Waals surface area contributed by atoms with E-state index < -0.39 is 36.2 Å². The number of phenolic OH excluding ortho intramolecular Hbond substituents is 2. The van der Waals surface area contributed by atoms with Gasteiger partial charge in [-0.3, -0.25) is 24.3 Å². The van der Waals surface area contributed by atoms with E-state index in [9.17, 15) is 40.2 Å². The Hall–Kier alpha value is -4.08. The molecule has 1 fully saturated rings. The summed E-state index contributed by atoms with van der Waals surface area (Å²) in [4.78, 5) is 31.1. The Morgan fingerprint density at radius 1 is 0.627 bits per heavy atom. The van der Waals surface area contributed by atoms with Gasteiger partial charge in [0.15, 0.2) is 11.2 Å². The number of aliphatic hydroxyl groups excluding tert-OH is 2.